The Hall–Kier alpha value is -3.40. The van der Waals surface area contributed by atoms with Gasteiger partial charge in [-0.2, -0.15) is 0 Å². The minimum atomic E-state index is -1.06. The van der Waals surface area contributed by atoms with Gasteiger partial charge in [0.1, 0.15) is 0 Å². The van der Waals surface area contributed by atoms with Gasteiger partial charge in [0.15, 0.2) is 5.82 Å². The Balaban J connectivity index is 1.65. The Morgan fingerprint density at radius 2 is 1.93 bits per heavy atom. The largest absolute Gasteiger partial charge is 0.412 e. The van der Waals surface area contributed by atoms with E-state index in [1.807, 2.05) is 11.1 Å². The highest BCUT2D eigenvalue weighted by Gasteiger charge is 2.21. The topological polar surface area (TPSA) is 119 Å². The van der Waals surface area contributed by atoms with Crippen LogP contribution in [0.15, 0.2) is 41.7 Å². The number of nitrogens with zero attached hydrogens (tertiary/aromatic N) is 4. The number of piperazine rings is 1. The summed E-state index contributed by atoms with van der Waals surface area (Å²) in [6.45, 7) is 3.24. The first kappa shape index (κ1) is 21.3. The molecule has 1 fully saturated rings. The monoisotopic (exact) mass is 416 g/mol. The van der Waals surface area contributed by atoms with E-state index in [2.05, 4.69) is 25.7 Å². The highest BCUT2D eigenvalue weighted by atomic mass is 19.1. The second kappa shape index (κ2) is 9.88. The van der Waals surface area contributed by atoms with Gasteiger partial charge in [-0.25, -0.2) is 14.2 Å². The van der Waals surface area contributed by atoms with Crippen LogP contribution in [-0.2, 0) is 22.6 Å². The Kier molecular flexibility index (Phi) is 7.02. The van der Waals surface area contributed by atoms with Gasteiger partial charge in [0, 0.05) is 45.0 Å². The lowest BCUT2D eigenvalue weighted by atomic mass is 10.1. The number of aliphatic imine (C=N–C) groups is 1. The molecule has 1 aromatic heterocycles. The van der Waals surface area contributed by atoms with Crippen molar-refractivity contribution in [3.05, 3.63) is 53.6 Å². The number of pyridine rings is 1. The van der Waals surface area contributed by atoms with Crippen molar-refractivity contribution in [3.63, 3.8) is 0 Å². The molecule has 4 N–H and O–H groups in total. The molecule has 0 aliphatic carbocycles. The van der Waals surface area contributed by atoms with Crippen LogP contribution in [0.3, 0.4) is 0 Å². The van der Waals surface area contributed by atoms with Crippen LogP contribution in [0, 0.1) is 5.82 Å². The van der Waals surface area contributed by atoms with E-state index in [1.165, 1.54) is 0 Å². The summed E-state index contributed by atoms with van der Waals surface area (Å²) in [6.07, 6.45) is 2.55. The number of carbonyl (C=O) groups is 1. The quantitative estimate of drug-likeness (QED) is 0.542. The molecule has 2 heterocycles. The fraction of sp³-hybridized carbons (Fsp3) is 0.350. The van der Waals surface area contributed by atoms with Crippen LogP contribution < -0.4 is 21.3 Å². The van der Waals surface area contributed by atoms with Gasteiger partial charge in [0.25, 0.3) is 6.02 Å². The maximum absolute atomic E-state index is 15.0. The molecule has 1 aliphatic heterocycles. The van der Waals surface area contributed by atoms with Crippen LogP contribution in [0.5, 0.6) is 0 Å². The third-order valence-electron chi connectivity index (χ3n) is 4.75. The van der Waals surface area contributed by atoms with Crippen LogP contribution in [0.4, 0.5) is 20.6 Å². The maximum Gasteiger partial charge on any atom is 0.412 e. The van der Waals surface area contributed by atoms with Crippen LogP contribution >= 0.6 is 0 Å². The molecule has 0 unspecified atom stereocenters. The molecule has 1 saturated heterocycles. The van der Waals surface area contributed by atoms with Gasteiger partial charge in [-0.1, -0.05) is 12.1 Å². The van der Waals surface area contributed by atoms with Crippen LogP contribution in [0.1, 0.15) is 11.1 Å². The molecule has 9 nitrogen and oxygen atoms in total. The summed E-state index contributed by atoms with van der Waals surface area (Å²) in [5, 5.41) is 0. The second-order valence-corrected chi connectivity index (χ2v) is 6.78. The first-order valence-electron chi connectivity index (χ1n) is 9.45. The molecular formula is C20H25FN6O3. The van der Waals surface area contributed by atoms with Crippen molar-refractivity contribution in [2.45, 2.75) is 13.2 Å². The van der Waals surface area contributed by atoms with E-state index in [4.69, 9.17) is 16.2 Å². The van der Waals surface area contributed by atoms with Gasteiger partial charge in [-0.05, 0) is 17.7 Å². The van der Waals surface area contributed by atoms with E-state index in [0.29, 0.717) is 30.9 Å². The molecule has 2 aromatic rings. The first-order chi connectivity index (χ1) is 14.5. The van der Waals surface area contributed by atoms with Gasteiger partial charge >= 0.3 is 6.09 Å². The van der Waals surface area contributed by atoms with Crippen LogP contribution in [-0.4, -0.2) is 50.4 Å². The molecular weight excluding hydrogens is 391 g/mol. The molecule has 3 rings (SSSR count). The highest BCUT2D eigenvalue weighted by Crippen LogP contribution is 2.25. The molecule has 0 radical (unpaired) electrons. The Labute approximate surface area is 174 Å². The van der Waals surface area contributed by atoms with Crippen molar-refractivity contribution in [2.75, 3.05) is 43.1 Å². The molecule has 10 heteroatoms. The van der Waals surface area contributed by atoms with Crippen molar-refractivity contribution in [3.8, 4) is 0 Å². The second-order valence-electron chi connectivity index (χ2n) is 6.78. The Morgan fingerprint density at radius 3 is 2.63 bits per heavy atom. The number of primary amides is 1. The number of hydrogen-bond acceptors (Lipinski definition) is 7. The summed E-state index contributed by atoms with van der Waals surface area (Å²) in [6, 6.07) is 6.78. The molecule has 0 bridgehead atoms. The zero-order valence-electron chi connectivity index (χ0n) is 16.8. The zero-order valence-corrected chi connectivity index (χ0v) is 16.8. The number of hydrogen-bond donors (Lipinski definition) is 2. The molecule has 160 valence electrons. The summed E-state index contributed by atoms with van der Waals surface area (Å²) in [5.41, 5.74) is 13.2. The number of amidine groups is 1. The van der Waals surface area contributed by atoms with Gasteiger partial charge in [-0.15, -0.1) is 0 Å². The summed E-state index contributed by atoms with van der Waals surface area (Å²) in [4.78, 5) is 23.0. The number of methoxy groups -OCH3 is 1. The van der Waals surface area contributed by atoms with Gasteiger partial charge < -0.3 is 30.7 Å². The van der Waals surface area contributed by atoms with Crippen molar-refractivity contribution >= 4 is 23.5 Å². The number of anilines is 2. The van der Waals surface area contributed by atoms with E-state index in [9.17, 15) is 4.79 Å². The molecule has 1 aromatic carbocycles. The average Bonchev–Trinajstić information content (AvgIpc) is 2.73. The van der Waals surface area contributed by atoms with Crippen molar-refractivity contribution in [1.29, 1.82) is 0 Å². The number of carbonyl (C=O) groups excluding carboxylic acids is 1. The third-order valence-corrected chi connectivity index (χ3v) is 4.75. The minimum Gasteiger partial charge on any atom is -0.380 e. The lowest BCUT2D eigenvalue weighted by Crippen LogP contribution is -2.47. The Morgan fingerprint density at radius 1 is 1.20 bits per heavy atom. The number of nitrogens with two attached hydrogens (primary N) is 2. The van der Waals surface area contributed by atoms with Crippen molar-refractivity contribution in [1.82, 2.24) is 4.98 Å². The van der Waals surface area contributed by atoms with Gasteiger partial charge in [0.05, 0.1) is 30.7 Å². The molecule has 0 atom stereocenters. The third kappa shape index (κ3) is 5.35. The SMILES string of the molecule is COCc1cncc(N2CCN(c3cccc(CN=C(N)OC(N)=O)c3F)CC2)c1. The van der Waals surface area contributed by atoms with Crippen LogP contribution in [0.25, 0.3) is 0 Å². The standard InChI is InChI=1S/C20H25FN6O3/c1-29-13-14-9-16(12-24-10-14)26-5-7-27(8-6-26)17-4-2-3-15(18(17)21)11-25-19(22)30-20(23)28/h2-4,9-10,12H,5-8,11,13H2,1H3,(H2,22,25)(H2,23,28). The average molecular weight is 416 g/mol. The predicted molar refractivity (Wildman–Crippen MR) is 112 cm³/mol. The minimum absolute atomic E-state index is 0.0588. The normalized spacial score (nSPS) is 14.7. The fourth-order valence-electron chi connectivity index (χ4n) is 3.33. The molecule has 0 spiro atoms. The molecule has 30 heavy (non-hydrogen) atoms. The highest BCUT2D eigenvalue weighted by molar-refractivity contribution is 5.84. The van der Waals surface area contributed by atoms with Gasteiger partial charge in [0.2, 0.25) is 0 Å². The van der Waals surface area contributed by atoms with Crippen molar-refractivity contribution < 1.29 is 18.7 Å². The molecule has 1 aliphatic rings. The maximum atomic E-state index is 15.0. The summed E-state index contributed by atoms with van der Waals surface area (Å²) < 4.78 is 24.6. The number of aromatic nitrogens is 1. The summed E-state index contributed by atoms with van der Waals surface area (Å²) in [5.74, 6) is -0.370. The summed E-state index contributed by atoms with van der Waals surface area (Å²) >= 11 is 0. The zero-order chi connectivity index (χ0) is 21.5. The van der Waals surface area contributed by atoms with Crippen LogP contribution in [0.2, 0.25) is 0 Å². The Bertz CT molecular complexity index is 915. The number of halogens is 1. The number of amides is 1. The van der Waals surface area contributed by atoms with E-state index < -0.39 is 12.1 Å². The lowest BCUT2D eigenvalue weighted by molar-refractivity contribution is 0.184. The number of rotatable bonds is 6. The van der Waals surface area contributed by atoms with Crippen molar-refractivity contribution in [2.24, 2.45) is 16.5 Å². The number of benzene rings is 1. The van der Waals surface area contributed by atoms with E-state index >= 15 is 4.39 Å². The predicted octanol–water partition coefficient (Wildman–Crippen LogP) is 1.60. The smallest absolute Gasteiger partial charge is 0.380 e. The summed E-state index contributed by atoms with van der Waals surface area (Å²) in [7, 11) is 1.65. The first-order valence-corrected chi connectivity index (χ1v) is 9.45. The lowest BCUT2D eigenvalue weighted by Gasteiger charge is -2.37. The van der Waals surface area contributed by atoms with E-state index in [-0.39, 0.29) is 12.4 Å². The fourth-order valence-corrected chi connectivity index (χ4v) is 3.33. The van der Waals surface area contributed by atoms with Gasteiger partial charge in [-0.3, -0.25) is 4.98 Å². The van der Waals surface area contributed by atoms with E-state index in [1.54, 1.807) is 31.5 Å². The molecule has 1 amide bonds. The van der Waals surface area contributed by atoms with E-state index in [0.717, 1.165) is 24.3 Å². The number of ether oxygens (including phenoxy) is 2. The molecule has 0 saturated carbocycles.